The summed E-state index contributed by atoms with van der Waals surface area (Å²) >= 11 is 0. The van der Waals surface area contributed by atoms with Crippen LogP contribution in [0.15, 0.2) is 24.3 Å². The number of amides is 2. The van der Waals surface area contributed by atoms with E-state index in [1.807, 2.05) is 0 Å². The zero-order valence-corrected chi connectivity index (χ0v) is 15.7. The molecule has 6 heteroatoms. The molecule has 1 aliphatic heterocycles. The highest BCUT2D eigenvalue weighted by Gasteiger charge is 2.53. The number of nitrogens with one attached hydrogen (secondary N) is 1. The lowest BCUT2D eigenvalue weighted by atomic mass is 9.83. The summed E-state index contributed by atoms with van der Waals surface area (Å²) in [5, 5.41) is 2.99. The molecule has 1 N–H and O–H groups in total. The Morgan fingerprint density at radius 3 is 2.48 bits per heavy atom. The largest absolute Gasteiger partial charge is 0.354 e. The molecule has 2 saturated carbocycles. The highest BCUT2D eigenvalue weighted by molar-refractivity contribution is 5.98. The average Bonchev–Trinajstić information content (AvgIpc) is 3.43. The van der Waals surface area contributed by atoms with Crippen LogP contribution >= 0.6 is 0 Å². The first-order valence-electron chi connectivity index (χ1n) is 9.99. The van der Waals surface area contributed by atoms with Crippen LogP contribution in [0.2, 0.25) is 0 Å². The molecular formula is C21H27FN2O3. The lowest BCUT2D eigenvalue weighted by Crippen LogP contribution is -2.57. The smallest absolute Gasteiger partial charge is 0.256 e. The lowest BCUT2D eigenvalue weighted by Gasteiger charge is -2.43. The van der Waals surface area contributed by atoms with Crippen molar-refractivity contribution in [3.8, 4) is 0 Å². The topological polar surface area (TPSA) is 58.6 Å². The van der Waals surface area contributed by atoms with E-state index in [4.69, 9.17) is 4.74 Å². The predicted molar refractivity (Wildman–Crippen MR) is 98.4 cm³/mol. The molecule has 1 aromatic carbocycles. The number of ether oxygens (including phenoxy) is 1. The Kier molecular flexibility index (Phi) is 4.93. The number of carbonyl (C=O) groups excluding carboxylic acids is 2. The molecule has 2 aliphatic carbocycles. The molecule has 1 atom stereocenters. The van der Waals surface area contributed by atoms with Crippen molar-refractivity contribution in [1.82, 2.24) is 10.2 Å². The van der Waals surface area contributed by atoms with E-state index in [-0.39, 0.29) is 24.2 Å². The fraction of sp³-hybridized carbons (Fsp3) is 0.619. The van der Waals surface area contributed by atoms with Gasteiger partial charge >= 0.3 is 0 Å². The molecule has 3 fully saturated rings. The molecule has 1 saturated heterocycles. The van der Waals surface area contributed by atoms with Crippen molar-refractivity contribution in [2.75, 3.05) is 13.2 Å². The Balaban J connectivity index is 1.59. The van der Waals surface area contributed by atoms with Crippen molar-refractivity contribution in [2.45, 2.75) is 57.2 Å². The van der Waals surface area contributed by atoms with Crippen LogP contribution < -0.4 is 5.32 Å². The number of halogens is 1. The second-order valence-corrected chi connectivity index (χ2v) is 8.33. The van der Waals surface area contributed by atoms with Gasteiger partial charge in [-0.25, -0.2) is 4.39 Å². The fourth-order valence-corrected chi connectivity index (χ4v) is 4.20. The van der Waals surface area contributed by atoms with Crippen molar-refractivity contribution < 1.29 is 18.7 Å². The first-order valence-corrected chi connectivity index (χ1v) is 9.99. The van der Waals surface area contributed by atoms with E-state index >= 15 is 0 Å². The standard InChI is InChI=1S/C21H27FN2O3/c1-14-8-10-21(11-9-14)24(20(26)16-4-6-17(22)7-5-16)18(13-27-21)19(25)23-12-15-2-3-15/h4-7,14-15,18H,2-3,8-13H2,1H3,(H,23,25). The van der Waals surface area contributed by atoms with E-state index in [0.717, 1.165) is 38.5 Å². The van der Waals surface area contributed by atoms with Crippen LogP contribution in [0.25, 0.3) is 0 Å². The third-order valence-corrected chi connectivity index (χ3v) is 6.19. The van der Waals surface area contributed by atoms with Crippen LogP contribution in [0.5, 0.6) is 0 Å². The van der Waals surface area contributed by atoms with E-state index in [0.29, 0.717) is 23.9 Å². The molecule has 0 radical (unpaired) electrons. The number of carbonyl (C=O) groups is 2. The van der Waals surface area contributed by atoms with Crippen LogP contribution in [-0.2, 0) is 9.53 Å². The van der Waals surface area contributed by atoms with Crippen molar-refractivity contribution in [3.05, 3.63) is 35.6 Å². The van der Waals surface area contributed by atoms with Crippen LogP contribution in [-0.4, -0.2) is 41.6 Å². The van der Waals surface area contributed by atoms with Crippen LogP contribution in [0.3, 0.4) is 0 Å². The van der Waals surface area contributed by atoms with Gasteiger partial charge in [0.05, 0.1) is 6.61 Å². The van der Waals surface area contributed by atoms with Crippen molar-refractivity contribution in [2.24, 2.45) is 11.8 Å². The molecule has 1 aromatic rings. The SMILES string of the molecule is CC1CCC2(CC1)OCC(C(=O)NCC1CC1)N2C(=O)c1ccc(F)cc1. The van der Waals surface area contributed by atoms with Crippen molar-refractivity contribution >= 4 is 11.8 Å². The van der Waals surface area contributed by atoms with Gasteiger partial charge < -0.3 is 10.1 Å². The molecule has 2 amide bonds. The summed E-state index contributed by atoms with van der Waals surface area (Å²) in [5.41, 5.74) is -0.334. The Morgan fingerprint density at radius 1 is 1.19 bits per heavy atom. The van der Waals surface area contributed by atoms with Crippen molar-refractivity contribution in [3.63, 3.8) is 0 Å². The van der Waals surface area contributed by atoms with Gasteiger partial charge in [-0.3, -0.25) is 14.5 Å². The molecular weight excluding hydrogens is 347 g/mol. The van der Waals surface area contributed by atoms with E-state index < -0.39 is 11.8 Å². The van der Waals surface area contributed by atoms with Gasteiger partial charge in [-0.05, 0) is 74.6 Å². The quantitative estimate of drug-likeness (QED) is 0.881. The number of hydrogen-bond acceptors (Lipinski definition) is 3. The van der Waals surface area contributed by atoms with Gasteiger partial charge in [0.2, 0.25) is 5.91 Å². The number of benzene rings is 1. The number of nitrogens with zero attached hydrogens (tertiary/aromatic N) is 1. The molecule has 27 heavy (non-hydrogen) atoms. The molecule has 0 aromatic heterocycles. The normalized spacial score (nSPS) is 30.5. The minimum Gasteiger partial charge on any atom is -0.354 e. The second-order valence-electron chi connectivity index (χ2n) is 8.33. The van der Waals surface area contributed by atoms with Crippen LogP contribution in [0.1, 0.15) is 55.8 Å². The molecule has 146 valence electrons. The summed E-state index contributed by atoms with van der Waals surface area (Å²) in [6, 6.07) is 4.89. The summed E-state index contributed by atoms with van der Waals surface area (Å²) in [7, 11) is 0. The van der Waals surface area contributed by atoms with Gasteiger partial charge in [0.15, 0.2) is 0 Å². The van der Waals surface area contributed by atoms with Crippen LogP contribution in [0.4, 0.5) is 4.39 Å². The van der Waals surface area contributed by atoms with Gasteiger partial charge in [-0.2, -0.15) is 0 Å². The minimum atomic E-state index is -0.723. The van der Waals surface area contributed by atoms with Crippen molar-refractivity contribution in [1.29, 1.82) is 0 Å². The Labute approximate surface area is 159 Å². The first-order chi connectivity index (χ1) is 13.0. The molecule has 5 nitrogen and oxygen atoms in total. The summed E-state index contributed by atoms with van der Waals surface area (Å²) < 4.78 is 19.4. The van der Waals surface area contributed by atoms with Crippen LogP contribution in [0, 0.1) is 17.7 Å². The monoisotopic (exact) mass is 374 g/mol. The second kappa shape index (κ2) is 7.23. The minimum absolute atomic E-state index is 0.146. The zero-order valence-electron chi connectivity index (χ0n) is 15.7. The molecule has 1 spiro atoms. The summed E-state index contributed by atoms with van der Waals surface area (Å²) in [6.07, 6.45) is 5.69. The summed E-state index contributed by atoms with van der Waals surface area (Å²) in [5.74, 6) is 0.373. The molecule has 3 aliphatic rings. The van der Waals surface area contributed by atoms with E-state index in [1.165, 1.54) is 24.3 Å². The maximum absolute atomic E-state index is 13.3. The highest BCUT2D eigenvalue weighted by Crippen LogP contribution is 2.43. The van der Waals surface area contributed by atoms with Gasteiger partial charge in [-0.1, -0.05) is 6.92 Å². The lowest BCUT2D eigenvalue weighted by molar-refractivity contribution is -0.127. The third kappa shape index (κ3) is 3.72. The van der Waals surface area contributed by atoms with E-state index in [1.54, 1.807) is 4.90 Å². The molecule has 0 bridgehead atoms. The highest BCUT2D eigenvalue weighted by atomic mass is 19.1. The predicted octanol–water partition coefficient (Wildman–Crippen LogP) is 3.10. The Morgan fingerprint density at radius 2 is 1.85 bits per heavy atom. The van der Waals surface area contributed by atoms with E-state index in [2.05, 4.69) is 12.2 Å². The molecule has 1 unspecified atom stereocenters. The van der Waals surface area contributed by atoms with Gasteiger partial charge in [0.25, 0.3) is 5.91 Å². The summed E-state index contributed by atoms with van der Waals surface area (Å²) in [6.45, 7) is 3.09. The third-order valence-electron chi connectivity index (χ3n) is 6.19. The Bertz CT molecular complexity index is 709. The van der Waals surface area contributed by atoms with E-state index in [9.17, 15) is 14.0 Å². The molecule has 4 rings (SSSR count). The van der Waals surface area contributed by atoms with Gasteiger partial charge in [0.1, 0.15) is 17.6 Å². The number of rotatable bonds is 4. The fourth-order valence-electron chi connectivity index (χ4n) is 4.20. The summed E-state index contributed by atoms with van der Waals surface area (Å²) in [4.78, 5) is 27.8. The maximum atomic E-state index is 13.3. The molecule has 1 heterocycles. The maximum Gasteiger partial charge on any atom is 0.256 e. The first kappa shape index (κ1) is 18.4. The Hall–Kier alpha value is -1.95. The van der Waals surface area contributed by atoms with Gasteiger partial charge in [0, 0.05) is 12.1 Å². The zero-order chi connectivity index (χ0) is 19.0. The average molecular weight is 374 g/mol. The number of hydrogen-bond donors (Lipinski definition) is 1. The van der Waals surface area contributed by atoms with Gasteiger partial charge in [-0.15, -0.1) is 0 Å².